The van der Waals surface area contributed by atoms with Gasteiger partial charge in [0, 0.05) is 16.9 Å². The first-order chi connectivity index (χ1) is 5.63. The molecule has 0 saturated heterocycles. The van der Waals surface area contributed by atoms with Gasteiger partial charge in [0.25, 0.3) is 0 Å². The average molecular weight is 341 g/mol. The van der Waals surface area contributed by atoms with Crippen molar-refractivity contribution >= 4 is 38.5 Å². The smallest absolute Gasteiger partial charge is 0.115 e. The van der Waals surface area contributed by atoms with Gasteiger partial charge in [-0.25, -0.2) is 9.97 Å². The number of hydrogen-bond acceptors (Lipinski definition) is 2. The Hall–Kier alpha value is 0.290. The molecular formula is C8H10BrIN2. The van der Waals surface area contributed by atoms with Gasteiger partial charge < -0.3 is 0 Å². The summed E-state index contributed by atoms with van der Waals surface area (Å²) in [7, 11) is 0. The summed E-state index contributed by atoms with van der Waals surface area (Å²) in [6, 6.07) is 0. The largest absolute Gasteiger partial charge is 0.244 e. The van der Waals surface area contributed by atoms with Gasteiger partial charge in [-0.1, -0.05) is 29.8 Å². The first kappa shape index (κ1) is 10.4. The fourth-order valence-corrected chi connectivity index (χ4v) is 1.92. The van der Waals surface area contributed by atoms with E-state index in [1.165, 1.54) is 0 Å². The molecule has 2 atom stereocenters. The van der Waals surface area contributed by atoms with E-state index < -0.39 is 0 Å². The van der Waals surface area contributed by atoms with Gasteiger partial charge in [-0.15, -0.1) is 0 Å². The number of alkyl halides is 1. The van der Waals surface area contributed by atoms with E-state index in [4.69, 9.17) is 0 Å². The SMILES string of the molecule is CC(Br)C(C)c1ncncc1I. The van der Waals surface area contributed by atoms with Gasteiger partial charge in [-0.2, -0.15) is 0 Å². The molecule has 2 nitrogen and oxygen atoms in total. The molecule has 66 valence electrons. The van der Waals surface area contributed by atoms with Crippen molar-refractivity contribution in [2.45, 2.75) is 24.6 Å². The molecule has 1 rings (SSSR count). The van der Waals surface area contributed by atoms with Gasteiger partial charge in [-0.05, 0) is 22.6 Å². The molecule has 0 aromatic carbocycles. The molecule has 0 aliphatic rings. The number of rotatable bonds is 2. The van der Waals surface area contributed by atoms with Crippen molar-refractivity contribution in [3.05, 3.63) is 21.8 Å². The third kappa shape index (κ3) is 2.39. The first-order valence-electron chi connectivity index (χ1n) is 3.72. The highest BCUT2D eigenvalue weighted by atomic mass is 127. The maximum absolute atomic E-state index is 4.25. The minimum atomic E-state index is 0.430. The molecule has 2 unspecified atom stereocenters. The van der Waals surface area contributed by atoms with Gasteiger partial charge in [0.1, 0.15) is 6.33 Å². The molecule has 0 radical (unpaired) electrons. The molecule has 0 spiro atoms. The van der Waals surface area contributed by atoms with Crippen molar-refractivity contribution < 1.29 is 0 Å². The summed E-state index contributed by atoms with van der Waals surface area (Å²) >= 11 is 5.81. The van der Waals surface area contributed by atoms with E-state index in [1.807, 2.05) is 6.20 Å². The third-order valence-electron chi connectivity index (χ3n) is 1.82. The van der Waals surface area contributed by atoms with E-state index in [9.17, 15) is 0 Å². The zero-order valence-corrected chi connectivity index (χ0v) is 10.7. The molecule has 1 aromatic heterocycles. The highest BCUT2D eigenvalue weighted by Gasteiger charge is 2.15. The van der Waals surface area contributed by atoms with E-state index in [1.54, 1.807) is 6.33 Å². The van der Waals surface area contributed by atoms with Crippen LogP contribution >= 0.6 is 38.5 Å². The Kier molecular flexibility index (Phi) is 3.89. The Morgan fingerprint density at radius 2 is 2.17 bits per heavy atom. The molecule has 0 aliphatic carbocycles. The predicted molar refractivity (Wildman–Crippen MR) is 61.6 cm³/mol. The van der Waals surface area contributed by atoms with Crippen LogP contribution in [0, 0.1) is 3.57 Å². The lowest BCUT2D eigenvalue weighted by molar-refractivity contribution is 0.723. The molecule has 0 N–H and O–H groups in total. The lowest BCUT2D eigenvalue weighted by Crippen LogP contribution is -2.08. The summed E-state index contributed by atoms with van der Waals surface area (Å²) in [5.74, 6) is 0.430. The van der Waals surface area contributed by atoms with Gasteiger partial charge in [0.05, 0.1) is 9.26 Å². The summed E-state index contributed by atoms with van der Waals surface area (Å²) in [4.78, 5) is 8.65. The minimum Gasteiger partial charge on any atom is -0.244 e. The standard InChI is InChI=1S/C8H10BrIN2/c1-5(6(2)9)8-7(10)3-11-4-12-8/h3-6H,1-2H3. The van der Waals surface area contributed by atoms with Crippen LogP contribution in [0.1, 0.15) is 25.5 Å². The zero-order valence-electron chi connectivity index (χ0n) is 6.96. The third-order valence-corrected chi connectivity index (χ3v) is 3.44. The minimum absolute atomic E-state index is 0.430. The van der Waals surface area contributed by atoms with Crippen molar-refractivity contribution in [3.63, 3.8) is 0 Å². The summed E-state index contributed by atoms with van der Waals surface area (Å²) in [6.45, 7) is 4.28. The Bertz CT molecular complexity index is 265. The summed E-state index contributed by atoms with van der Waals surface area (Å²) in [5.41, 5.74) is 1.12. The molecular weight excluding hydrogens is 331 g/mol. The molecule has 0 bridgehead atoms. The van der Waals surface area contributed by atoms with Crippen LogP contribution in [0.25, 0.3) is 0 Å². The van der Waals surface area contributed by atoms with Gasteiger partial charge in [-0.3, -0.25) is 0 Å². The molecule has 0 aliphatic heterocycles. The molecule has 1 heterocycles. The zero-order chi connectivity index (χ0) is 9.14. The van der Waals surface area contributed by atoms with Crippen LogP contribution in [0.3, 0.4) is 0 Å². The van der Waals surface area contributed by atoms with Crippen molar-refractivity contribution in [1.82, 2.24) is 9.97 Å². The second kappa shape index (κ2) is 4.50. The topological polar surface area (TPSA) is 25.8 Å². The first-order valence-corrected chi connectivity index (χ1v) is 5.72. The van der Waals surface area contributed by atoms with Gasteiger partial charge in [0.15, 0.2) is 0 Å². The predicted octanol–water partition coefficient (Wildman–Crippen LogP) is 2.97. The molecule has 0 fully saturated rings. The lowest BCUT2D eigenvalue weighted by Gasteiger charge is -2.13. The number of halogens is 2. The average Bonchev–Trinajstić information content (AvgIpc) is 2.04. The van der Waals surface area contributed by atoms with Gasteiger partial charge >= 0.3 is 0 Å². The van der Waals surface area contributed by atoms with E-state index in [0.29, 0.717) is 10.7 Å². The van der Waals surface area contributed by atoms with E-state index >= 15 is 0 Å². The normalized spacial score (nSPS) is 15.7. The maximum atomic E-state index is 4.25. The lowest BCUT2D eigenvalue weighted by atomic mass is 10.1. The maximum Gasteiger partial charge on any atom is 0.115 e. The van der Waals surface area contributed by atoms with Crippen molar-refractivity contribution in [2.24, 2.45) is 0 Å². The number of nitrogens with zero attached hydrogens (tertiary/aromatic N) is 2. The molecule has 0 amide bonds. The van der Waals surface area contributed by atoms with Crippen LogP contribution in [-0.4, -0.2) is 14.8 Å². The van der Waals surface area contributed by atoms with E-state index in [-0.39, 0.29) is 0 Å². The highest BCUT2D eigenvalue weighted by Crippen LogP contribution is 2.25. The molecule has 1 aromatic rings. The van der Waals surface area contributed by atoms with Crippen molar-refractivity contribution in [1.29, 1.82) is 0 Å². The summed E-state index contributed by atoms with van der Waals surface area (Å²) < 4.78 is 1.13. The van der Waals surface area contributed by atoms with Crippen LogP contribution in [0.2, 0.25) is 0 Å². The molecule has 0 saturated carbocycles. The van der Waals surface area contributed by atoms with Gasteiger partial charge in [0.2, 0.25) is 0 Å². The highest BCUT2D eigenvalue weighted by molar-refractivity contribution is 14.1. The summed E-state index contributed by atoms with van der Waals surface area (Å²) in [5, 5.41) is 0. The second-order valence-electron chi connectivity index (χ2n) is 2.72. The second-order valence-corrected chi connectivity index (χ2v) is 5.33. The Morgan fingerprint density at radius 1 is 1.50 bits per heavy atom. The van der Waals surface area contributed by atoms with Crippen LogP contribution in [0.4, 0.5) is 0 Å². The van der Waals surface area contributed by atoms with Crippen LogP contribution in [0.5, 0.6) is 0 Å². The van der Waals surface area contributed by atoms with Crippen molar-refractivity contribution in [3.8, 4) is 0 Å². The Labute approximate surface area is 94.5 Å². The van der Waals surface area contributed by atoms with Crippen LogP contribution in [0.15, 0.2) is 12.5 Å². The number of aromatic nitrogens is 2. The fourth-order valence-electron chi connectivity index (χ4n) is 0.875. The molecule has 4 heteroatoms. The summed E-state index contributed by atoms with van der Waals surface area (Å²) in [6.07, 6.45) is 3.44. The van der Waals surface area contributed by atoms with E-state index in [0.717, 1.165) is 9.26 Å². The fraction of sp³-hybridized carbons (Fsp3) is 0.500. The Morgan fingerprint density at radius 3 is 2.67 bits per heavy atom. The van der Waals surface area contributed by atoms with Crippen molar-refractivity contribution in [2.75, 3.05) is 0 Å². The Balaban J connectivity index is 2.94. The van der Waals surface area contributed by atoms with Crippen LogP contribution < -0.4 is 0 Å². The van der Waals surface area contributed by atoms with Crippen LogP contribution in [-0.2, 0) is 0 Å². The molecule has 12 heavy (non-hydrogen) atoms. The monoisotopic (exact) mass is 340 g/mol. The van der Waals surface area contributed by atoms with E-state index in [2.05, 4.69) is 62.3 Å². The quantitative estimate of drug-likeness (QED) is 0.611. The number of hydrogen-bond donors (Lipinski definition) is 0.